The first-order valence-electron chi connectivity index (χ1n) is 5.34. The smallest absolute Gasteiger partial charge is 0.303 e. The highest BCUT2D eigenvalue weighted by Gasteiger charge is 2.11. The van der Waals surface area contributed by atoms with E-state index in [-0.39, 0.29) is 6.42 Å². The normalized spacial score (nSPS) is 10.1. The van der Waals surface area contributed by atoms with Gasteiger partial charge in [-0.1, -0.05) is 0 Å². The topological polar surface area (TPSA) is 75.6 Å². The van der Waals surface area contributed by atoms with Crippen molar-refractivity contribution in [2.24, 2.45) is 0 Å². The summed E-state index contributed by atoms with van der Waals surface area (Å²) < 4.78 is 5.11. The Balaban J connectivity index is 2.68. The monoisotopic (exact) mass is 239 g/mol. The summed E-state index contributed by atoms with van der Waals surface area (Å²) in [5.41, 5.74) is 0.854. The molecule has 0 spiro atoms. The summed E-state index contributed by atoms with van der Waals surface area (Å²) in [7, 11) is 3.43. The molecular formula is C11H17N3O3. The van der Waals surface area contributed by atoms with Gasteiger partial charge in [-0.15, -0.1) is 0 Å². The van der Waals surface area contributed by atoms with Crippen molar-refractivity contribution >= 4 is 11.8 Å². The van der Waals surface area contributed by atoms with Crippen LogP contribution in [-0.4, -0.2) is 41.7 Å². The predicted molar refractivity (Wildman–Crippen MR) is 63.5 cm³/mol. The molecule has 0 aromatic carbocycles. The van der Waals surface area contributed by atoms with Crippen LogP contribution < -0.4 is 9.64 Å². The molecule has 1 N–H and O–H groups in total. The lowest BCUT2D eigenvalue weighted by atomic mass is 10.2. The van der Waals surface area contributed by atoms with Gasteiger partial charge in [0.1, 0.15) is 12.1 Å². The maximum atomic E-state index is 10.4. The number of aliphatic carboxylic acids is 1. The van der Waals surface area contributed by atoms with Crippen LogP contribution in [0, 0.1) is 6.92 Å². The average molecular weight is 239 g/mol. The molecule has 0 saturated heterocycles. The highest BCUT2D eigenvalue weighted by Crippen LogP contribution is 2.22. The zero-order chi connectivity index (χ0) is 12.8. The van der Waals surface area contributed by atoms with Crippen LogP contribution in [0.15, 0.2) is 6.33 Å². The van der Waals surface area contributed by atoms with E-state index in [0.29, 0.717) is 18.8 Å². The zero-order valence-corrected chi connectivity index (χ0v) is 10.3. The van der Waals surface area contributed by atoms with Crippen LogP contribution in [0.2, 0.25) is 0 Å². The van der Waals surface area contributed by atoms with Crippen LogP contribution in [0.5, 0.6) is 5.88 Å². The number of carbonyl (C=O) groups is 1. The summed E-state index contributed by atoms with van der Waals surface area (Å²) in [5.74, 6) is 0.526. The van der Waals surface area contributed by atoms with Gasteiger partial charge in [0.2, 0.25) is 5.88 Å². The number of hydrogen-bond donors (Lipinski definition) is 1. The first-order valence-corrected chi connectivity index (χ1v) is 5.34. The van der Waals surface area contributed by atoms with Crippen LogP contribution in [-0.2, 0) is 4.79 Å². The molecule has 0 atom stereocenters. The van der Waals surface area contributed by atoms with Crippen molar-refractivity contribution in [3.05, 3.63) is 11.9 Å². The van der Waals surface area contributed by atoms with Crippen molar-refractivity contribution in [3.63, 3.8) is 0 Å². The third-order valence-corrected chi connectivity index (χ3v) is 2.45. The van der Waals surface area contributed by atoms with E-state index < -0.39 is 5.97 Å². The van der Waals surface area contributed by atoms with Gasteiger partial charge < -0.3 is 14.7 Å². The van der Waals surface area contributed by atoms with Gasteiger partial charge in [-0.3, -0.25) is 4.79 Å². The number of aromatic nitrogens is 2. The molecule has 0 bridgehead atoms. The third kappa shape index (κ3) is 3.58. The van der Waals surface area contributed by atoms with E-state index >= 15 is 0 Å². The number of nitrogens with zero attached hydrogens (tertiary/aromatic N) is 3. The highest BCUT2D eigenvalue weighted by atomic mass is 16.5. The third-order valence-electron chi connectivity index (χ3n) is 2.45. The molecule has 1 aromatic heterocycles. The van der Waals surface area contributed by atoms with E-state index in [0.717, 1.165) is 11.4 Å². The largest absolute Gasteiger partial charge is 0.481 e. The molecule has 1 heterocycles. The quantitative estimate of drug-likeness (QED) is 0.801. The molecule has 0 unspecified atom stereocenters. The molecule has 1 rings (SSSR count). The van der Waals surface area contributed by atoms with E-state index in [1.54, 1.807) is 7.11 Å². The van der Waals surface area contributed by atoms with Gasteiger partial charge in [-0.25, -0.2) is 9.97 Å². The second-order valence-electron chi connectivity index (χ2n) is 3.75. The average Bonchev–Trinajstić information content (AvgIpc) is 2.28. The molecule has 0 fully saturated rings. The molecule has 17 heavy (non-hydrogen) atoms. The Morgan fingerprint density at radius 1 is 1.53 bits per heavy atom. The Hall–Kier alpha value is -1.85. The molecule has 0 aliphatic carbocycles. The minimum absolute atomic E-state index is 0.158. The van der Waals surface area contributed by atoms with Crippen LogP contribution in [0.25, 0.3) is 0 Å². The first kappa shape index (κ1) is 13.2. The molecule has 0 aliphatic heterocycles. The molecule has 0 aliphatic rings. The number of carboxylic acid groups (broad SMARTS) is 1. The standard InChI is InChI=1S/C11H17N3O3/c1-8-10(12-7-13-11(8)17-3)14(2)6-4-5-9(15)16/h7H,4-6H2,1-3H3,(H,15,16). The second-order valence-corrected chi connectivity index (χ2v) is 3.75. The fourth-order valence-corrected chi connectivity index (χ4v) is 1.59. The second kappa shape index (κ2) is 6.03. The Morgan fingerprint density at radius 3 is 2.82 bits per heavy atom. The zero-order valence-electron chi connectivity index (χ0n) is 10.3. The minimum atomic E-state index is -0.782. The van der Waals surface area contributed by atoms with Crippen molar-refractivity contribution in [2.45, 2.75) is 19.8 Å². The summed E-state index contributed by atoms with van der Waals surface area (Å²) in [4.78, 5) is 20.5. The molecular weight excluding hydrogens is 222 g/mol. The predicted octanol–water partition coefficient (Wildman–Crippen LogP) is 1.09. The Labute approximate surface area is 100 Å². The number of rotatable bonds is 6. The fraction of sp³-hybridized carbons (Fsp3) is 0.545. The number of hydrogen-bond acceptors (Lipinski definition) is 5. The van der Waals surface area contributed by atoms with E-state index in [2.05, 4.69) is 9.97 Å². The van der Waals surface area contributed by atoms with Crippen molar-refractivity contribution in [2.75, 3.05) is 25.6 Å². The van der Waals surface area contributed by atoms with E-state index in [1.807, 2.05) is 18.9 Å². The lowest BCUT2D eigenvalue weighted by molar-refractivity contribution is -0.137. The maximum absolute atomic E-state index is 10.4. The number of anilines is 1. The van der Waals surface area contributed by atoms with Crippen molar-refractivity contribution in [1.29, 1.82) is 0 Å². The summed E-state index contributed by atoms with van der Waals surface area (Å²) in [6.07, 6.45) is 2.18. The van der Waals surface area contributed by atoms with Crippen molar-refractivity contribution in [1.82, 2.24) is 9.97 Å². The van der Waals surface area contributed by atoms with Gasteiger partial charge in [-0.2, -0.15) is 0 Å². The molecule has 0 radical (unpaired) electrons. The van der Waals surface area contributed by atoms with Crippen LogP contribution in [0.1, 0.15) is 18.4 Å². The molecule has 0 saturated carbocycles. The van der Waals surface area contributed by atoms with E-state index in [9.17, 15) is 4.79 Å². The van der Waals surface area contributed by atoms with Crippen LogP contribution in [0.3, 0.4) is 0 Å². The Bertz CT molecular complexity index is 396. The van der Waals surface area contributed by atoms with Gasteiger partial charge >= 0.3 is 5.97 Å². The summed E-state index contributed by atoms with van der Waals surface area (Å²) in [6.45, 7) is 2.51. The minimum Gasteiger partial charge on any atom is -0.481 e. The number of carboxylic acids is 1. The van der Waals surface area contributed by atoms with E-state index in [1.165, 1.54) is 6.33 Å². The van der Waals surface area contributed by atoms with Crippen LogP contribution >= 0.6 is 0 Å². The van der Waals surface area contributed by atoms with Crippen LogP contribution in [0.4, 0.5) is 5.82 Å². The van der Waals surface area contributed by atoms with Gasteiger partial charge in [0, 0.05) is 20.0 Å². The first-order chi connectivity index (χ1) is 8.06. The summed E-state index contributed by atoms with van der Waals surface area (Å²) in [6, 6.07) is 0. The SMILES string of the molecule is COc1ncnc(N(C)CCCC(=O)O)c1C. The van der Waals surface area contributed by atoms with Gasteiger partial charge in [0.25, 0.3) is 0 Å². The molecule has 1 aromatic rings. The Kier molecular flexibility index (Phi) is 4.68. The summed E-state index contributed by atoms with van der Waals surface area (Å²) >= 11 is 0. The lowest BCUT2D eigenvalue weighted by Gasteiger charge is -2.20. The highest BCUT2D eigenvalue weighted by molar-refractivity contribution is 5.66. The fourth-order valence-electron chi connectivity index (χ4n) is 1.59. The Morgan fingerprint density at radius 2 is 2.24 bits per heavy atom. The van der Waals surface area contributed by atoms with E-state index in [4.69, 9.17) is 9.84 Å². The molecule has 0 amide bonds. The molecule has 6 heteroatoms. The lowest BCUT2D eigenvalue weighted by Crippen LogP contribution is -2.21. The van der Waals surface area contributed by atoms with Gasteiger partial charge in [0.15, 0.2) is 0 Å². The molecule has 6 nitrogen and oxygen atoms in total. The number of ether oxygens (including phenoxy) is 1. The number of methoxy groups -OCH3 is 1. The summed E-state index contributed by atoms with van der Waals surface area (Å²) in [5, 5.41) is 8.57. The van der Waals surface area contributed by atoms with Crippen molar-refractivity contribution in [3.8, 4) is 5.88 Å². The van der Waals surface area contributed by atoms with Gasteiger partial charge in [0.05, 0.1) is 12.7 Å². The van der Waals surface area contributed by atoms with Gasteiger partial charge in [-0.05, 0) is 13.3 Å². The molecule has 94 valence electrons. The van der Waals surface area contributed by atoms with Crippen molar-refractivity contribution < 1.29 is 14.6 Å². The maximum Gasteiger partial charge on any atom is 0.303 e.